The van der Waals surface area contributed by atoms with Crippen LogP contribution in [0.5, 0.6) is 0 Å². The Morgan fingerprint density at radius 2 is 2.17 bits per heavy atom. The minimum absolute atomic E-state index is 0.198. The van der Waals surface area contributed by atoms with Crippen molar-refractivity contribution in [2.45, 2.75) is 0 Å². The third-order valence-corrected chi connectivity index (χ3v) is 3.76. The zero-order valence-corrected chi connectivity index (χ0v) is 13.7. The average Bonchev–Trinajstić information content (AvgIpc) is 3.04. The fourth-order valence-electron chi connectivity index (χ4n) is 2.58. The van der Waals surface area contributed by atoms with E-state index in [9.17, 15) is 0 Å². The molecule has 2 aromatic heterocycles. The average molecular weight is 324 g/mol. The van der Waals surface area contributed by atoms with Crippen molar-refractivity contribution in [3.05, 3.63) is 42.1 Å². The molecule has 0 radical (unpaired) electrons. The Morgan fingerprint density at radius 3 is 2.92 bits per heavy atom. The number of nitrogens with zero attached hydrogens (tertiary/aromatic N) is 5. The van der Waals surface area contributed by atoms with Gasteiger partial charge in [-0.3, -0.25) is 0 Å². The molecule has 0 aliphatic heterocycles. The Hall–Kier alpha value is -3.00. The van der Waals surface area contributed by atoms with E-state index in [1.807, 2.05) is 50.6 Å². The summed E-state index contributed by atoms with van der Waals surface area (Å²) in [7, 11) is 4.07. The maximum absolute atomic E-state index is 6.80. The van der Waals surface area contributed by atoms with Gasteiger partial charge in [-0.15, -0.1) is 5.10 Å². The van der Waals surface area contributed by atoms with Crippen molar-refractivity contribution in [3.63, 3.8) is 0 Å². The molecule has 8 nitrogen and oxygen atoms in total. The highest BCUT2D eigenvalue weighted by atomic mass is 15.3. The first-order chi connectivity index (χ1) is 11.6. The molecule has 1 aromatic carbocycles. The predicted molar refractivity (Wildman–Crippen MR) is 95.6 cm³/mol. The molecule has 24 heavy (non-hydrogen) atoms. The molecular formula is C16H20N8. The molecule has 0 aliphatic carbocycles. The lowest BCUT2D eigenvalue weighted by molar-refractivity contribution is 0.425. The summed E-state index contributed by atoms with van der Waals surface area (Å²) in [6.07, 6.45) is 2.01. The van der Waals surface area contributed by atoms with Gasteiger partial charge < -0.3 is 20.4 Å². The summed E-state index contributed by atoms with van der Waals surface area (Å²) in [4.78, 5) is 6.85. The second kappa shape index (κ2) is 6.63. The first kappa shape index (κ1) is 15.9. The number of benzene rings is 1. The number of fused-ring (bicyclic) bond motifs is 3. The molecule has 0 aliphatic rings. The minimum atomic E-state index is 0.198. The third kappa shape index (κ3) is 3.04. The molecule has 3 rings (SSSR count). The summed E-state index contributed by atoms with van der Waals surface area (Å²) in [5, 5.41) is 9.94. The van der Waals surface area contributed by atoms with Crippen molar-refractivity contribution in [3.8, 4) is 0 Å². The van der Waals surface area contributed by atoms with Gasteiger partial charge in [0.2, 0.25) is 0 Å². The summed E-state index contributed by atoms with van der Waals surface area (Å²) in [6, 6.07) is 9.69. The van der Waals surface area contributed by atoms with Crippen molar-refractivity contribution < 1.29 is 0 Å². The van der Waals surface area contributed by atoms with Crippen molar-refractivity contribution in [2.24, 2.45) is 16.1 Å². The quantitative estimate of drug-likeness (QED) is 0.279. The van der Waals surface area contributed by atoms with Gasteiger partial charge in [-0.05, 0) is 44.4 Å². The topological polar surface area (TPSA) is 107 Å². The predicted octanol–water partition coefficient (Wildman–Crippen LogP) is 2.11. The van der Waals surface area contributed by atoms with Crippen LogP contribution in [-0.4, -0.2) is 47.3 Å². The summed E-state index contributed by atoms with van der Waals surface area (Å²) in [6.45, 7) is 1.71. The molecule has 0 bridgehead atoms. The van der Waals surface area contributed by atoms with Crippen LogP contribution in [0.15, 0.2) is 46.9 Å². The van der Waals surface area contributed by atoms with Crippen LogP contribution in [0.3, 0.4) is 0 Å². The zero-order valence-electron chi connectivity index (χ0n) is 13.7. The number of hydrogen-bond acceptors (Lipinski definition) is 5. The van der Waals surface area contributed by atoms with E-state index in [4.69, 9.17) is 16.2 Å². The van der Waals surface area contributed by atoms with Crippen LogP contribution >= 0.6 is 0 Å². The number of nitrogens with one attached hydrogen (secondary N) is 2. The van der Waals surface area contributed by atoms with E-state index in [1.165, 1.54) is 0 Å². The normalized spacial score (nSPS) is 12.2. The maximum Gasteiger partial charge on any atom is 0.155 e. The van der Waals surface area contributed by atoms with Crippen LogP contribution in [0.2, 0.25) is 0 Å². The second-order valence-electron chi connectivity index (χ2n) is 5.74. The number of hydrogen-bond donors (Lipinski definition) is 3. The number of aromatic nitrogens is 2. The largest absolute Gasteiger partial charge is 0.382 e. The van der Waals surface area contributed by atoms with E-state index in [0.29, 0.717) is 5.56 Å². The molecule has 8 heteroatoms. The Balaban J connectivity index is 2.07. The van der Waals surface area contributed by atoms with Crippen molar-refractivity contribution in [1.82, 2.24) is 14.3 Å². The molecule has 4 N–H and O–H groups in total. The molecule has 0 saturated heterocycles. The van der Waals surface area contributed by atoms with Crippen LogP contribution in [0.25, 0.3) is 16.6 Å². The van der Waals surface area contributed by atoms with Gasteiger partial charge in [0.25, 0.3) is 0 Å². The van der Waals surface area contributed by atoms with E-state index in [1.54, 1.807) is 0 Å². The van der Waals surface area contributed by atoms with Gasteiger partial charge in [0, 0.05) is 24.8 Å². The van der Waals surface area contributed by atoms with Crippen molar-refractivity contribution in [2.75, 3.05) is 32.5 Å². The maximum atomic E-state index is 6.80. The lowest BCUT2D eigenvalue weighted by Gasteiger charge is -2.13. The fraction of sp³-hybridized carbons (Fsp3) is 0.250. The number of anilines is 1. The van der Waals surface area contributed by atoms with E-state index < -0.39 is 0 Å². The molecular weight excluding hydrogens is 304 g/mol. The van der Waals surface area contributed by atoms with Crippen LogP contribution in [0.1, 0.15) is 5.56 Å². The Morgan fingerprint density at radius 1 is 1.33 bits per heavy atom. The van der Waals surface area contributed by atoms with Crippen LogP contribution in [0, 0.1) is 5.53 Å². The second-order valence-corrected chi connectivity index (χ2v) is 5.74. The summed E-state index contributed by atoms with van der Waals surface area (Å²) in [5.74, 6) is 1.02. The third-order valence-electron chi connectivity index (χ3n) is 3.76. The zero-order chi connectivity index (χ0) is 17.1. The molecule has 0 unspecified atom stereocenters. The Labute approximate surface area is 139 Å². The van der Waals surface area contributed by atoms with Gasteiger partial charge >= 0.3 is 0 Å². The van der Waals surface area contributed by atoms with E-state index in [-0.39, 0.29) is 5.84 Å². The van der Waals surface area contributed by atoms with Crippen molar-refractivity contribution in [1.29, 1.82) is 5.53 Å². The van der Waals surface area contributed by atoms with Crippen LogP contribution < -0.4 is 11.1 Å². The summed E-state index contributed by atoms with van der Waals surface area (Å²) >= 11 is 0. The first-order valence-electron chi connectivity index (χ1n) is 7.60. The lowest BCUT2D eigenvalue weighted by atomic mass is 10.1. The summed E-state index contributed by atoms with van der Waals surface area (Å²) < 4.78 is 2.09. The lowest BCUT2D eigenvalue weighted by Crippen LogP contribution is -2.21. The van der Waals surface area contributed by atoms with E-state index in [2.05, 4.69) is 24.9 Å². The monoisotopic (exact) mass is 324 g/mol. The molecule has 3 aromatic rings. The molecule has 0 amide bonds. The first-order valence-corrected chi connectivity index (χ1v) is 7.60. The fourth-order valence-corrected chi connectivity index (χ4v) is 2.58. The highest BCUT2D eigenvalue weighted by molar-refractivity contribution is 6.00. The van der Waals surface area contributed by atoms with Gasteiger partial charge in [-0.1, -0.05) is 5.22 Å². The number of likely N-dealkylation sites (N-methyl/N-ethyl adjacent to an activating group) is 1. The molecule has 0 atom stereocenters. The standard InChI is InChI=1S/C16H20N8/c1-23(2)9-7-19-16-14-4-3-8-24(14)13-6-5-11(10-12(13)20-16)15(17)21-22-18/h3-6,8,10H,7,9H2,1-2H3,(H,19,20)(H3,17,18,21). The van der Waals surface area contributed by atoms with Crippen molar-refractivity contribution >= 4 is 28.2 Å². The SMILES string of the molecule is CN(C)CCNc1nc2cc(/C(N)=N/N=N)ccc2n2cccc12. The summed E-state index contributed by atoms with van der Waals surface area (Å²) in [5.41, 5.74) is 16.1. The minimum Gasteiger partial charge on any atom is -0.382 e. The molecule has 0 fully saturated rings. The highest BCUT2D eigenvalue weighted by Crippen LogP contribution is 2.23. The highest BCUT2D eigenvalue weighted by Gasteiger charge is 2.09. The smallest absolute Gasteiger partial charge is 0.155 e. The molecule has 124 valence electrons. The van der Waals surface area contributed by atoms with Gasteiger partial charge in [0.15, 0.2) is 11.7 Å². The van der Waals surface area contributed by atoms with Gasteiger partial charge in [0.05, 0.1) is 16.6 Å². The van der Waals surface area contributed by atoms with Crippen LogP contribution in [-0.2, 0) is 0 Å². The van der Waals surface area contributed by atoms with Crippen LogP contribution in [0.4, 0.5) is 5.82 Å². The number of rotatable bonds is 6. The number of nitrogens with two attached hydrogens (primary N) is 1. The van der Waals surface area contributed by atoms with E-state index >= 15 is 0 Å². The Kier molecular flexibility index (Phi) is 4.39. The molecule has 2 heterocycles. The van der Waals surface area contributed by atoms with Gasteiger partial charge in [-0.2, -0.15) is 5.53 Å². The molecule has 0 spiro atoms. The van der Waals surface area contributed by atoms with E-state index in [0.717, 1.165) is 35.5 Å². The Bertz CT molecular complexity index is 909. The van der Waals surface area contributed by atoms with Gasteiger partial charge in [0.1, 0.15) is 0 Å². The van der Waals surface area contributed by atoms with Gasteiger partial charge in [-0.25, -0.2) is 4.98 Å². The number of amidine groups is 1. The molecule has 0 saturated carbocycles.